The number of aryl methyl sites for hydroxylation is 2. The van der Waals surface area contributed by atoms with Crippen LogP contribution in [0.3, 0.4) is 0 Å². The van der Waals surface area contributed by atoms with Gasteiger partial charge in [-0.25, -0.2) is 4.68 Å². The van der Waals surface area contributed by atoms with E-state index in [1.54, 1.807) is 50.4 Å². The van der Waals surface area contributed by atoms with Crippen LogP contribution in [0.4, 0.5) is 5.69 Å². The van der Waals surface area contributed by atoms with Gasteiger partial charge in [0.25, 0.3) is 5.91 Å². The molecule has 0 spiro atoms. The standard InChI is InChI=1S/C19H17N7O3/c1-3-26-15-8-7-12(10-14(15)21-18(28)19(26)29)17(27)20-13-6-4-5-11(9-13)16-22-23-24-25(16)2/h4-10H,3H2,1-2H3,(H,20,27)(H,21,28). The molecule has 10 heteroatoms. The van der Waals surface area contributed by atoms with Gasteiger partial charge in [-0.15, -0.1) is 5.10 Å². The lowest BCUT2D eigenvalue weighted by Gasteiger charge is -2.10. The summed E-state index contributed by atoms with van der Waals surface area (Å²) in [5, 5.41) is 14.2. The fraction of sp³-hybridized carbons (Fsp3) is 0.158. The molecule has 10 nitrogen and oxygen atoms in total. The highest BCUT2D eigenvalue weighted by Gasteiger charge is 2.12. The zero-order valence-corrected chi connectivity index (χ0v) is 15.7. The van der Waals surface area contributed by atoms with E-state index < -0.39 is 11.1 Å². The number of hydrogen-bond acceptors (Lipinski definition) is 6. The van der Waals surface area contributed by atoms with Crippen molar-refractivity contribution in [1.29, 1.82) is 0 Å². The van der Waals surface area contributed by atoms with Crippen molar-refractivity contribution in [2.75, 3.05) is 5.32 Å². The zero-order chi connectivity index (χ0) is 20.5. The third-order valence-corrected chi connectivity index (χ3v) is 4.55. The molecule has 2 N–H and O–H groups in total. The first kappa shape index (κ1) is 18.3. The van der Waals surface area contributed by atoms with Crippen LogP contribution in [0.5, 0.6) is 0 Å². The number of nitrogens with one attached hydrogen (secondary N) is 2. The molecule has 146 valence electrons. The Labute approximate surface area is 163 Å². The Morgan fingerprint density at radius 2 is 2.00 bits per heavy atom. The molecule has 1 amide bonds. The minimum Gasteiger partial charge on any atom is -0.322 e. The Hall–Kier alpha value is -4.08. The largest absolute Gasteiger partial charge is 0.322 e. The molecule has 0 aliphatic heterocycles. The highest BCUT2D eigenvalue weighted by Crippen LogP contribution is 2.20. The number of anilines is 1. The minimum atomic E-state index is -0.720. The molecule has 2 aromatic carbocycles. The lowest BCUT2D eigenvalue weighted by molar-refractivity contribution is 0.102. The van der Waals surface area contributed by atoms with E-state index in [0.717, 1.165) is 5.56 Å². The smallest absolute Gasteiger partial charge is 0.316 e. The average molecular weight is 391 g/mol. The molecule has 0 unspecified atom stereocenters. The Morgan fingerprint density at radius 1 is 1.17 bits per heavy atom. The Kier molecular flexibility index (Phi) is 4.51. The topological polar surface area (TPSA) is 128 Å². The second-order valence-electron chi connectivity index (χ2n) is 6.40. The first-order valence-corrected chi connectivity index (χ1v) is 8.89. The van der Waals surface area contributed by atoms with E-state index in [4.69, 9.17) is 0 Å². The summed E-state index contributed by atoms with van der Waals surface area (Å²) in [6.45, 7) is 2.13. The van der Waals surface area contributed by atoms with Crippen molar-refractivity contribution in [2.24, 2.45) is 7.05 Å². The van der Waals surface area contributed by atoms with Crippen molar-refractivity contribution in [3.8, 4) is 11.4 Å². The monoisotopic (exact) mass is 391 g/mol. The van der Waals surface area contributed by atoms with Crippen molar-refractivity contribution >= 4 is 22.6 Å². The number of carbonyl (C=O) groups excluding carboxylic acids is 1. The average Bonchev–Trinajstić information content (AvgIpc) is 3.15. The van der Waals surface area contributed by atoms with Crippen LogP contribution in [-0.2, 0) is 13.6 Å². The van der Waals surface area contributed by atoms with Gasteiger partial charge in [0.15, 0.2) is 5.82 Å². The SMILES string of the molecule is CCn1c(=O)c(=O)[nH]c2cc(C(=O)Nc3cccc(-c4nnnn4C)c3)ccc21. The molecule has 0 atom stereocenters. The van der Waals surface area contributed by atoms with Gasteiger partial charge in [-0.2, -0.15) is 0 Å². The molecule has 0 saturated carbocycles. The molecular weight excluding hydrogens is 374 g/mol. The van der Waals surface area contributed by atoms with Crippen LogP contribution in [0.15, 0.2) is 52.1 Å². The fourth-order valence-corrected chi connectivity index (χ4v) is 3.15. The summed E-state index contributed by atoms with van der Waals surface area (Å²) in [6, 6.07) is 12.0. The summed E-state index contributed by atoms with van der Waals surface area (Å²) in [5.74, 6) is 0.220. The van der Waals surface area contributed by atoms with Crippen molar-refractivity contribution < 1.29 is 4.79 Å². The van der Waals surface area contributed by atoms with E-state index in [0.29, 0.717) is 34.7 Å². The van der Waals surface area contributed by atoms with Gasteiger partial charge in [-0.3, -0.25) is 14.4 Å². The zero-order valence-electron chi connectivity index (χ0n) is 15.7. The summed E-state index contributed by atoms with van der Waals surface area (Å²) in [7, 11) is 1.73. The number of nitrogens with zero attached hydrogens (tertiary/aromatic N) is 5. The molecule has 29 heavy (non-hydrogen) atoms. The molecule has 0 aliphatic rings. The van der Waals surface area contributed by atoms with Gasteiger partial charge in [-0.05, 0) is 47.7 Å². The Morgan fingerprint density at radius 3 is 2.72 bits per heavy atom. The number of aromatic amines is 1. The number of fused-ring (bicyclic) bond motifs is 1. The maximum absolute atomic E-state index is 12.7. The van der Waals surface area contributed by atoms with Crippen LogP contribution in [0.2, 0.25) is 0 Å². The number of hydrogen-bond donors (Lipinski definition) is 2. The van der Waals surface area contributed by atoms with Gasteiger partial charge in [0.2, 0.25) is 0 Å². The quantitative estimate of drug-likeness (QED) is 0.503. The van der Waals surface area contributed by atoms with Crippen molar-refractivity contribution in [1.82, 2.24) is 29.8 Å². The van der Waals surface area contributed by atoms with Gasteiger partial charge in [0, 0.05) is 30.4 Å². The first-order chi connectivity index (χ1) is 14.0. The number of tetrazole rings is 1. The highest BCUT2D eigenvalue weighted by molar-refractivity contribution is 6.06. The minimum absolute atomic E-state index is 0.347. The molecule has 0 saturated heterocycles. The number of carbonyl (C=O) groups is 1. The number of aromatic nitrogens is 6. The third-order valence-electron chi connectivity index (χ3n) is 4.55. The maximum atomic E-state index is 12.7. The van der Waals surface area contributed by atoms with Gasteiger partial charge in [-0.1, -0.05) is 12.1 Å². The summed E-state index contributed by atoms with van der Waals surface area (Å²) >= 11 is 0. The Balaban J connectivity index is 1.66. The lowest BCUT2D eigenvalue weighted by atomic mass is 10.1. The maximum Gasteiger partial charge on any atom is 0.316 e. The van der Waals surface area contributed by atoms with E-state index in [2.05, 4.69) is 25.8 Å². The summed E-state index contributed by atoms with van der Waals surface area (Å²) in [4.78, 5) is 39.0. The number of benzene rings is 2. The Bertz CT molecular complexity index is 1350. The number of H-pyrrole nitrogens is 1. The predicted octanol–water partition coefficient (Wildman–Crippen LogP) is 1.15. The van der Waals surface area contributed by atoms with E-state index in [1.165, 1.54) is 9.25 Å². The molecular formula is C19H17N7O3. The molecule has 0 bridgehead atoms. The van der Waals surface area contributed by atoms with Crippen LogP contribution in [-0.4, -0.2) is 35.7 Å². The van der Waals surface area contributed by atoms with Crippen LogP contribution < -0.4 is 16.4 Å². The first-order valence-electron chi connectivity index (χ1n) is 8.89. The van der Waals surface area contributed by atoms with Crippen molar-refractivity contribution in [2.45, 2.75) is 13.5 Å². The van der Waals surface area contributed by atoms with Gasteiger partial charge in [0.1, 0.15) is 0 Å². The number of rotatable bonds is 4. The molecule has 2 heterocycles. The number of amides is 1. The molecule has 0 fully saturated rings. The van der Waals surface area contributed by atoms with E-state index in [-0.39, 0.29) is 5.91 Å². The summed E-state index contributed by atoms with van der Waals surface area (Å²) in [5.41, 5.74) is 1.32. The van der Waals surface area contributed by atoms with Crippen LogP contribution in [0, 0.1) is 0 Å². The molecule has 4 aromatic rings. The second kappa shape index (κ2) is 7.15. The van der Waals surface area contributed by atoms with Crippen LogP contribution in [0.25, 0.3) is 22.4 Å². The van der Waals surface area contributed by atoms with Crippen molar-refractivity contribution in [3.05, 3.63) is 68.7 Å². The van der Waals surface area contributed by atoms with E-state index >= 15 is 0 Å². The summed E-state index contributed by atoms with van der Waals surface area (Å²) in [6.07, 6.45) is 0. The highest BCUT2D eigenvalue weighted by atomic mass is 16.2. The van der Waals surface area contributed by atoms with Gasteiger partial charge in [0.05, 0.1) is 11.0 Å². The second-order valence-corrected chi connectivity index (χ2v) is 6.40. The van der Waals surface area contributed by atoms with E-state index in [1.807, 2.05) is 6.07 Å². The van der Waals surface area contributed by atoms with Crippen LogP contribution in [0.1, 0.15) is 17.3 Å². The fourth-order valence-electron chi connectivity index (χ4n) is 3.15. The van der Waals surface area contributed by atoms with Gasteiger partial charge >= 0.3 is 11.1 Å². The molecule has 0 aliphatic carbocycles. The normalized spacial score (nSPS) is 11.0. The van der Waals surface area contributed by atoms with Gasteiger partial charge < -0.3 is 14.9 Å². The van der Waals surface area contributed by atoms with Crippen LogP contribution >= 0.6 is 0 Å². The molecule has 4 rings (SSSR count). The molecule has 2 aromatic heterocycles. The predicted molar refractivity (Wildman–Crippen MR) is 107 cm³/mol. The lowest BCUT2D eigenvalue weighted by Crippen LogP contribution is -2.36. The van der Waals surface area contributed by atoms with Crippen molar-refractivity contribution in [3.63, 3.8) is 0 Å². The van der Waals surface area contributed by atoms with E-state index in [9.17, 15) is 14.4 Å². The summed E-state index contributed by atoms with van der Waals surface area (Å²) < 4.78 is 2.90. The molecule has 0 radical (unpaired) electrons. The third kappa shape index (κ3) is 3.31.